The van der Waals surface area contributed by atoms with Crippen molar-refractivity contribution in [3.63, 3.8) is 0 Å². The topological polar surface area (TPSA) is 117 Å². The number of benzene rings is 3. The molecule has 0 saturated carbocycles. The molecule has 0 unspecified atom stereocenters. The number of nitrogens with zero attached hydrogens (tertiary/aromatic N) is 2. The number of hydrazone groups is 1. The zero-order valence-electron chi connectivity index (χ0n) is 15.7. The zero-order valence-corrected chi connectivity index (χ0v) is 17.9. The number of nitrogens with two attached hydrogens (primary N) is 1. The summed E-state index contributed by atoms with van der Waals surface area (Å²) in [6, 6.07) is 17.8. The highest BCUT2D eigenvalue weighted by Gasteiger charge is 2.17. The molecular formula is C21H16IN3O5. The Morgan fingerprint density at radius 2 is 1.70 bits per heavy atom. The second kappa shape index (κ2) is 9.35. The number of esters is 1. The smallest absolute Gasteiger partial charge is 0.344 e. The van der Waals surface area contributed by atoms with Gasteiger partial charge in [0.2, 0.25) is 0 Å². The van der Waals surface area contributed by atoms with Crippen LogP contribution >= 0.6 is 22.6 Å². The van der Waals surface area contributed by atoms with Crippen molar-refractivity contribution in [2.75, 3.05) is 7.11 Å². The molecule has 8 nitrogen and oxygen atoms in total. The van der Waals surface area contributed by atoms with E-state index in [2.05, 4.69) is 27.7 Å². The molecule has 0 radical (unpaired) electrons. The Balaban J connectivity index is 1.90. The van der Waals surface area contributed by atoms with E-state index in [0.717, 1.165) is 3.57 Å². The Labute approximate surface area is 185 Å². The minimum Gasteiger partial charge on any atom is -0.493 e. The summed E-state index contributed by atoms with van der Waals surface area (Å²) in [4.78, 5) is 22.9. The lowest BCUT2D eigenvalue weighted by Gasteiger charge is -2.12. The van der Waals surface area contributed by atoms with E-state index in [0.29, 0.717) is 28.2 Å². The molecular weight excluding hydrogens is 501 g/mol. The summed E-state index contributed by atoms with van der Waals surface area (Å²) in [7, 11) is 1.45. The highest BCUT2D eigenvalue weighted by molar-refractivity contribution is 14.1. The van der Waals surface area contributed by atoms with Gasteiger partial charge in [0, 0.05) is 26.8 Å². The third-order valence-electron chi connectivity index (χ3n) is 4.21. The number of rotatable bonds is 6. The number of nitro benzene ring substituents is 1. The molecule has 0 aliphatic heterocycles. The maximum absolute atomic E-state index is 12.5. The van der Waals surface area contributed by atoms with E-state index < -0.39 is 10.9 Å². The van der Waals surface area contributed by atoms with Crippen LogP contribution in [0, 0.1) is 13.7 Å². The predicted octanol–water partition coefficient (Wildman–Crippen LogP) is 4.14. The van der Waals surface area contributed by atoms with Crippen molar-refractivity contribution in [2.45, 2.75) is 0 Å². The van der Waals surface area contributed by atoms with E-state index in [-0.39, 0.29) is 11.4 Å². The van der Waals surface area contributed by atoms with Crippen LogP contribution in [0.5, 0.6) is 11.5 Å². The normalized spacial score (nSPS) is 11.1. The van der Waals surface area contributed by atoms with Gasteiger partial charge >= 0.3 is 5.97 Å². The van der Waals surface area contributed by atoms with Crippen molar-refractivity contribution in [1.82, 2.24) is 0 Å². The maximum Gasteiger partial charge on any atom is 0.344 e. The molecule has 3 rings (SSSR count). The fourth-order valence-electron chi connectivity index (χ4n) is 2.74. The number of nitro groups is 1. The number of hydrogen-bond acceptors (Lipinski definition) is 7. The predicted molar refractivity (Wildman–Crippen MR) is 120 cm³/mol. The number of non-ortho nitro benzene ring substituents is 1. The van der Waals surface area contributed by atoms with Crippen molar-refractivity contribution in [3.05, 3.63) is 97.1 Å². The molecule has 3 aromatic carbocycles. The highest BCUT2D eigenvalue weighted by atomic mass is 127. The quantitative estimate of drug-likeness (QED) is 0.1000. The Morgan fingerprint density at radius 3 is 2.30 bits per heavy atom. The second-order valence-electron chi connectivity index (χ2n) is 6.02. The van der Waals surface area contributed by atoms with Crippen LogP contribution in [0.3, 0.4) is 0 Å². The van der Waals surface area contributed by atoms with Crippen molar-refractivity contribution in [2.24, 2.45) is 10.9 Å². The number of carbonyl (C=O) groups is 1. The monoisotopic (exact) mass is 517 g/mol. The first kappa shape index (κ1) is 21.2. The van der Waals surface area contributed by atoms with Gasteiger partial charge < -0.3 is 15.3 Å². The largest absolute Gasteiger partial charge is 0.493 e. The van der Waals surface area contributed by atoms with Gasteiger partial charge in [0.1, 0.15) is 0 Å². The third-order valence-corrected chi connectivity index (χ3v) is 5.15. The molecule has 0 spiro atoms. The Morgan fingerprint density at radius 1 is 1.03 bits per heavy atom. The molecule has 0 aromatic heterocycles. The molecule has 0 saturated heterocycles. The van der Waals surface area contributed by atoms with Crippen LogP contribution in [0.2, 0.25) is 0 Å². The highest BCUT2D eigenvalue weighted by Crippen LogP contribution is 2.30. The van der Waals surface area contributed by atoms with E-state index in [1.807, 2.05) is 12.1 Å². The molecule has 2 N–H and O–H groups in total. The zero-order chi connectivity index (χ0) is 21.7. The van der Waals surface area contributed by atoms with Crippen LogP contribution in [-0.4, -0.2) is 23.7 Å². The van der Waals surface area contributed by atoms with E-state index in [4.69, 9.17) is 15.3 Å². The first-order chi connectivity index (χ1) is 14.4. The Kier molecular flexibility index (Phi) is 6.62. The third kappa shape index (κ3) is 4.57. The number of hydrogen-bond donors (Lipinski definition) is 1. The summed E-state index contributed by atoms with van der Waals surface area (Å²) in [6.07, 6.45) is 0. The van der Waals surface area contributed by atoms with E-state index in [1.54, 1.807) is 42.5 Å². The molecule has 3 aromatic rings. The van der Waals surface area contributed by atoms with E-state index in [1.165, 1.54) is 19.2 Å². The van der Waals surface area contributed by atoms with Gasteiger partial charge in [-0.05, 0) is 65.1 Å². The lowest BCUT2D eigenvalue weighted by Crippen LogP contribution is -2.12. The summed E-state index contributed by atoms with van der Waals surface area (Å²) in [5, 5.41) is 14.7. The molecule has 30 heavy (non-hydrogen) atoms. The minimum absolute atomic E-state index is 0.0366. The molecule has 0 heterocycles. The standard InChI is InChI=1S/C21H16IN3O5/c1-29-19-12-14(20(24-23)13-6-9-15(10-7-13)25(27)28)8-11-18(19)30-21(26)16-4-2-3-5-17(16)22/h2-12H,23H2,1H3/b24-20-. The van der Waals surface area contributed by atoms with Crippen LogP contribution in [0.4, 0.5) is 5.69 Å². The molecule has 0 fully saturated rings. The number of methoxy groups -OCH3 is 1. The first-order valence-electron chi connectivity index (χ1n) is 8.62. The molecule has 152 valence electrons. The van der Waals surface area contributed by atoms with Gasteiger partial charge in [-0.15, -0.1) is 0 Å². The number of ether oxygens (including phenoxy) is 2. The van der Waals surface area contributed by atoms with Gasteiger partial charge in [-0.2, -0.15) is 5.10 Å². The lowest BCUT2D eigenvalue weighted by molar-refractivity contribution is -0.384. The van der Waals surface area contributed by atoms with Gasteiger partial charge in [0.15, 0.2) is 11.5 Å². The minimum atomic E-state index is -0.505. The van der Waals surface area contributed by atoms with Crippen molar-refractivity contribution in [3.8, 4) is 11.5 Å². The fourth-order valence-corrected chi connectivity index (χ4v) is 3.35. The Bertz CT molecular complexity index is 1130. The summed E-state index contributed by atoms with van der Waals surface area (Å²) in [5.74, 6) is 5.62. The SMILES string of the molecule is COc1cc(/C(=N\N)c2ccc([N+](=O)[O-])cc2)ccc1OC(=O)c1ccccc1I. The summed E-state index contributed by atoms with van der Waals surface area (Å²) < 4.78 is 11.6. The molecule has 0 amide bonds. The Hall–Kier alpha value is -3.47. The van der Waals surface area contributed by atoms with Crippen LogP contribution in [-0.2, 0) is 0 Å². The molecule has 0 bridgehead atoms. The van der Waals surface area contributed by atoms with Crippen LogP contribution < -0.4 is 15.3 Å². The van der Waals surface area contributed by atoms with Crippen LogP contribution in [0.25, 0.3) is 0 Å². The average molecular weight is 517 g/mol. The average Bonchev–Trinajstić information content (AvgIpc) is 2.75. The second-order valence-corrected chi connectivity index (χ2v) is 7.18. The molecule has 0 aliphatic rings. The molecule has 0 atom stereocenters. The number of carbonyl (C=O) groups excluding carboxylic acids is 1. The fraction of sp³-hybridized carbons (Fsp3) is 0.0476. The summed E-state index contributed by atoms with van der Waals surface area (Å²) in [5.41, 5.74) is 1.99. The maximum atomic E-state index is 12.5. The van der Waals surface area contributed by atoms with E-state index in [9.17, 15) is 14.9 Å². The van der Waals surface area contributed by atoms with Gasteiger partial charge in [0.25, 0.3) is 5.69 Å². The molecule has 0 aliphatic carbocycles. The van der Waals surface area contributed by atoms with E-state index >= 15 is 0 Å². The van der Waals surface area contributed by atoms with Gasteiger partial charge in [-0.3, -0.25) is 10.1 Å². The summed E-state index contributed by atoms with van der Waals surface area (Å²) >= 11 is 2.06. The lowest BCUT2D eigenvalue weighted by atomic mass is 10.0. The molecule has 9 heteroatoms. The number of halogens is 1. The van der Waals surface area contributed by atoms with Gasteiger partial charge in [-0.25, -0.2) is 4.79 Å². The first-order valence-corrected chi connectivity index (χ1v) is 9.70. The van der Waals surface area contributed by atoms with Crippen molar-refractivity contribution < 1.29 is 19.2 Å². The van der Waals surface area contributed by atoms with Crippen molar-refractivity contribution >= 4 is 40.0 Å². The van der Waals surface area contributed by atoms with Gasteiger partial charge in [0.05, 0.1) is 23.3 Å². The van der Waals surface area contributed by atoms with Crippen molar-refractivity contribution in [1.29, 1.82) is 0 Å². The van der Waals surface area contributed by atoms with Crippen LogP contribution in [0.1, 0.15) is 21.5 Å². The van der Waals surface area contributed by atoms with Gasteiger partial charge in [-0.1, -0.05) is 12.1 Å². The van der Waals surface area contributed by atoms with Crippen LogP contribution in [0.15, 0.2) is 71.8 Å². The summed E-state index contributed by atoms with van der Waals surface area (Å²) in [6.45, 7) is 0.